The third-order valence-corrected chi connectivity index (χ3v) is 10.6. The smallest absolute Gasteiger partial charge is 0.338 e. The summed E-state index contributed by atoms with van der Waals surface area (Å²) in [7, 11) is 0. The maximum atomic E-state index is 12.7. The molecule has 56 heavy (non-hydrogen) atoms. The van der Waals surface area contributed by atoms with Crippen LogP contribution < -0.4 is 15.4 Å². The number of aliphatic hydroxyl groups excluding tert-OH is 1. The van der Waals surface area contributed by atoms with Crippen LogP contribution in [0.3, 0.4) is 0 Å². The molecule has 2 amide bonds. The van der Waals surface area contributed by atoms with Crippen LogP contribution in [0.2, 0.25) is 0 Å². The number of nitrogens with zero attached hydrogens (tertiary/aromatic N) is 1. The first-order valence-corrected chi connectivity index (χ1v) is 19.2. The summed E-state index contributed by atoms with van der Waals surface area (Å²) in [5.41, 5.74) is 6.33. The van der Waals surface area contributed by atoms with Crippen molar-refractivity contribution in [3.63, 3.8) is 0 Å². The summed E-state index contributed by atoms with van der Waals surface area (Å²) in [6.07, 6.45) is 0.299. The van der Waals surface area contributed by atoms with Gasteiger partial charge in [-0.2, -0.15) is 0 Å². The summed E-state index contributed by atoms with van der Waals surface area (Å²) >= 11 is 1.35. The Balaban J connectivity index is 1.00. The number of aliphatic hydroxyl groups is 1. The number of anilines is 1. The Labute approximate surface area is 329 Å². The Morgan fingerprint density at radius 1 is 0.768 bits per heavy atom. The zero-order valence-electron chi connectivity index (χ0n) is 30.6. The van der Waals surface area contributed by atoms with Gasteiger partial charge in [-0.3, -0.25) is 0 Å². The molecule has 11 heteroatoms. The number of nitrogens with one attached hydrogen (secondary N) is 2. The molecule has 0 saturated carbocycles. The van der Waals surface area contributed by atoms with E-state index < -0.39 is 12.3 Å². The first-order chi connectivity index (χ1) is 27.3. The van der Waals surface area contributed by atoms with E-state index in [2.05, 4.69) is 22.5 Å². The second-order valence-electron chi connectivity index (χ2n) is 13.4. The number of benzene rings is 5. The third-order valence-electron chi connectivity index (χ3n) is 9.50. The number of hydrogen-bond donors (Lipinski definition) is 4. The minimum Gasteiger partial charge on any atom is -0.478 e. The van der Waals surface area contributed by atoms with Gasteiger partial charge in [-0.05, 0) is 82.4 Å². The normalized spacial score (nSPS) is 17.8. The van der Waals surface area contributed by atoms with Crippen LogP contribution in [0.25, 0.3) is 11.1 Å². The van der Waals surface area contributed by atoms with E-state index in [4.69, 9.17) is 14.2 Å². The lowest BCUT2D eigenvalue weighted by atomic mass is 9.91. The van der Waals surface area contributed by atoms with E-state index >= 15 is 0 Å². The first-order valence-electron chi connectivity index (χ1n) is 18.2. The minimum atomic E-state index is -1.03. The summed E-state index contributed by atoms with van der Waals surface area (Å²) < 4.78 is 19.0. The quantitative estimate of drug-likeness (QED) is 0.0846. The van der Waals surface area contributed by atoms with E-state index in [0.717, 1.165) is 39.1 Å². The van der Waals surface area contributed by atoms with Gasteiger partial charge in [0.2, 0.25) is 0 Å². The Bertz CT molecular complexity index is 2240. The number of carboxylic acid groups (broad SMARTS) is 1. The van der Waals surface area contributed by atoms with Crippen molar-refractivity contribution in [3.8, 4) is 22.6 Å². The molecule has 0 spiro atoms. The second-order valence-corrected chi connectivity index (χ2v) is 14.4. The zero-order chi connectivity index (χ0) is 38.9. The van der Waals surface area contributed by atoms with Crippen molar-refractivity contribution in [2.24, 2.45) is 5.92 Å². The number of thioether (sulfide) groups is 1. The summed E-state index contributed by atoms with van der Waals surface area (Å²) in [5, 5.41) is 25.5. The molecule has 1 saturated heterocycles. The lowest BCUT2D eigenvalue weighted by molar-refractivity contribution is -0.268. The van der Waals surface area contributed by atoms with Crippen LogP contribution in [0.1, 0.15) is 51.9 Å². The number of urea groups is 1. The maximum absolute atomic E-state index is 12.7. The van der Waals surface area contributed by atoms with Gasteiger partial charge in [0.05, 0.1) is 24.4 Å². The average Bonchev–Trinajstić information content (AvgIpc) is 3.24. The fraction of sp³-hybridized carbons (Fsp3) is 0.178. The van der Waals surface area contributed by atoms with Gasteiger partial charge >= 0.3 is 12.0 Å². The van der Waals surface area contributed by atoms with Crippen LogP contribution in [0.4, 0.5) is 10.5 Å². The van der Waals surface area contributed by atoms with Crippen molar-refractivity contribution in [3.05, 3.63) is 174 Å². The van der Waals surface area contributed by atoms with Gasteiger partial charge in [0.15, 0.2) is 6.29 Å². The fourth-order valence-corrected chi connectivity index (χ4v) is 7.57. The molecule has 284 valence electrons. The molecule has 4 N–H and O–H groups in total. The van der Waals surface area contributed by atoms with Crippen molar-refractivity contribution in [1.82, 2.24) is 10.3 Å². The van der Waals surface area contributed by atoms with E-state index in [1.807, 2.05) is 103 Å². The lowest BCUT2D eigenvalue weighted by Crippen LogP contribution is -2.38. The molecule has 4 unspecified atom stereocenters. The van der Waals surface area contributed by atoms with Crippen LogP contribution in [0.15, 0.2) is 151 Å². The molecule has 4 atom stereocenters. The van der Waals surface area contributed by atoms with Crippen LogP contribution in [0.5, 0.6) is 11.5 Å². The molecular formula is C45H41N3O7S. The topological polar surface area (TPSA) is 139 Å². The molecule has 10 nitrogen and oxygen atoms in total. The van der Waals surface area contributed by atoms with E-state index in [1.54, 1.807) is 42.6 Å². The molecule has 0 radical (unpaired) electrons. The van der Waals surface area contributed by atoms with Gasteiger partial charge < -0.3 is 35.1 Å². The standard InChI is InChI=1S/C45H41N3O7S/c1-29-40(28-56-42-39(43(50)51)11-6-24-46-42)54-44(55-41(29)33-14-12-30(27-49)13-15-33)34-18-16-32(17-19-34)35-8-5-7-31(25-35)26-47-45(52)48-36-20-22-38(23-21-36)53-37-9-3-2-4-10-37/h2-25,29,40-41,44,49H,26-28H2,1H3,(H,50,51)(H2,47,48,52). The molecule has 2 heterocycles. The van der Waals surface area contributed by atoms with E-state index in [0.29, 0.717) is 28.8 Å². The highest BCUT2D eigenvalue weighted by atomic mass is 32.2. The zero-order valence-corrected chi connectivity index (χ0v) is 31.4. The fourth-order valence-electron chi connectivity index (χ4n) is 6.42. The average molecular weight is 768 g/mol. The Morgan fingerprint density at radius 3 is 2.23 bits per heavy atom. The third kappa shape index (κ3) is 9.63. The SMILES string of the molecule is CC1C(CSc2ncccc2C(=O)O)OC(c2ccc(-c3cccc(CNC(=O)Nc4ccc(Oc5ccccc5)cc4)c3)cc2)OC1c1ccc(CO)cc1. The highest BCUT2D eigenvalue weighted by Gasteiger charge is 2.38. The number of rotatable bonds is 13. The number of para-hydroxylation sites is 1. The Hall–Kier alpha value is -5.98. The number of carbonyl (C=O) groups is 2. The van der Waals surface area contributed by atoms with Gasteiger partial charge in [-0.15, -0.1) is 11.8 Å². The van der Waals surface area contributed by atoms with Gasteiger partial charge in [-0.25, -0.2) is 14.6 Å². The molecule has 1 fully saturated rings. The van der Waals surface area contributed by atoms with Crippen LogP contribution in [-0.4, -0.2) is 39.1 Å². The van der Waals surface area contributed by atoms with Gasteiger partial charge in [-0.1, -0.05) is 91.9 Å². The largest absolute Gasteiger partial charge is 0.478 e. The van der Waals surface area contributed by atoms with Gasteiger partial charge in [0, 0.05) is 35.7 Å². The molecule has 6 aromatic rings. The molecule has 1 aliphatic heterocycles. The monoisotopic (exact) mass is 767 g/mol. The number of hydrogen-bond acceptors (Lipinski definition) is 8. The Kier molecular flexibility index (Phi) is 12.4. The molecule has 1 aromatic heterocycles. The number of aromatic nitrogens is 1. The first kappa shape index (κ1) is 38.3. The number of pyridine rings is 1. The predicted octanol–water partition coefficient (Wildman–Crippen LogP) is 9.64. The number of aromatic carboxylic acids is 1. The van der Waals surface area contributed by atoms with E-state index in [1.165, 1.54) is 11.8 Å². The minimum absolute atomic E-state index is 0.0505. The highest BCUT2D eigenvalue weighted by molar-refractivity contribution is 7.99. The predicted molar refractivity (Wildman–Crippen MR) is 216 cm³/mol. The van der Waals surface area contributed by atoms with Gasteiger partial charge in [0.1, 0.15) is 16.5 Å². The van der Waals surface area contributed by atoms with Crippen molar-refractivity contribution in [2.45, 2.75) is 43.6 Å². The number of ether oxygens (including phenoxy) is 3. The molecule has 7 rings (SSSR count). The van der Waals surface area contributed by atoms with Gasteiger partial charge in [0.25, 0.3) is 0 Å². The molecular weight excluding hydrogens is 727 g/mol. The summed E-state index contributed by atoms with van der Waals surface area (Å²) in [4.78, 5) is 28.9. The summed E-state index contributed by atoms with van der Waals surface area (Å²) in [5.74, 6) is 0.779. The second kappa shape index (κ2) is 18.1. The number of amides is 2. The highest BCUT2D eigenvalue weighted by Crippen LogP contribution is 2.43. The molecule has 5 aromatic carbocycles. The molecule has 0 aliphatic carbocycles. The van der Waals surface area contributed by atoms with Crippen molar-refractivity contribution in [2.75, 3.05) is 11.1 Å². The Morgan fingerprint density at radius 2 is 1.50 bits per heavy atom. The van der Waals surface area contributed by atoms with Crippen LogP contribution in [0, 0.1) is 5.92 Å². The number of carboxylic acids is 1. The number of carbonyl (C=O) groups excluding carboxylic acids is 1. The maximum Gasteiger partial charge on any atom is 0.338 e. The molecule has 1 aliphatic rings. The van der Waals surface area contributed by atoms with Crippen molar-refractivity contribution < 1.29 is 34.0 Å². The molecule has 0 bridgehead atoms. The van der Waals surface area contributed by atoms with Crippen molar-refractivity contribution in [1.29, 1.82) is 0 Å². The lowest BCUT2D eigenvalue weighted by Gasteiger charge is -2.41. The van der Waals surface area contributed by atoms with Crippen LogP contribution >= 0.6 is 11.8 Å². The summed E-state index contributed by atoms with van der Waals surface area (Å²) in [6.45, 7) is 2.35. The summed E-state index contributed by atoms with van der Waals surface area (Å²) in [6, 6.07) is 43.3. The van der Waals surface area contributed by atoms with Crippen molar-refractivity contribution >= 4 is 29.4 Å². The van der Waals surface area contributed by atoms with E-state index in [-0.39, 0.29) is 36.3 Å². The van der Waals surface area contributed by atoms with E-state index in [9.17, 15) is 19.8 Å². The van der Waals surface area contributed by atoms with Crippen LogP contribution in [-0.2, 0) is 22.6 Å².